The van der Waals surface area contributed by atoms with E-state index in [0.29, 0.717) is 0 Å². The fourth-order valence-electron chi connectivity index (χ4n) is 1.45. The van der Waals surface area contributed by atoms with Crippen molar-refractivity contribution in [3.63, 3.8) is 0 Å². The summed E-state index contributed by atoms with van der Waals surface area (Å²) in [6, 6.07) is 0. The minimum atomic E-state index is -0.495. The van der Waals surface area contributed by atoms with Crippen LogP contribution in [0.2, 0.25) is 0 Å². The van der Waals surface area contributed by atoms with E-state index in [1.165, 1.54) is 0 Å². The van der Waals surface area contributed by atoms with Crippen LogP contribution in [-0.4, -0.2) is 24.1 Å². The van der Waals surface area contributed by atoms with Crippen LogP contribution in [-0.2, 0) is 19.1 Å². The van der Waals surface area contributed by atoms with E-state index in [-0.39, 0.29) is 12.2 Å². The van der Waals surface area contributed by atoms with Crippen LogP contribution in [0.15, 0.2) is 12.2 Å². The van der Waals surface area contributed by atoms with Crippen molar-refractivity contribution >= 4 is 11.9 Å². The predicted octanol–water partition coefficient (Wildman–Crippen LogP) is 3.01. The standard InChI is InChI=1S/C14H24O4/c1-5-11(6-2)17-13(15)9-10-14(16)18-12(7-3)8-4/h9-12H,5-8H2,1-4H3/b10-9-. The summed E-state index contributed by atoms with van der Waals surface area (Å²) in [5.41, 5.74) is 0. The molecule has 0 unspecified atom stereocenters. The Morgan fingerprint density at radius 1 is 0.778 bits per heavy atom. The highest BCUT2D eigenvalue weighted by molar-refractivity contribution is 5.91. The van der Waals surface area contributed by atoms with E-state index in [1.54, 1.807) is 0 Å². The number of ether oxygens (including phenoxy) is 2. The molecule has 0 aromatic rings. The van der Waals surface area contributed by atoms with Gasteiger partial charge in [0.1, 0.15) is 12.2 Å². The smallest absolute Gasteiger partial charge is 0.331 e. The van der Waals surface area contributed by atoms with Crippen LogP contribution < -0.4 is 0 Å². The van der Waals surface area contributed by atoms with Gasteiger partial charge < -0.3 is 9.47 Å². The molecule has 0 saturated heterocycles. The molecule has 0 saturated carbocycles. The maximum Gasteiger partial charge on any atom is 0.331 e. The van der Waals surface area contributed by atoms with Gasteiger partial charge in [-0.2, -0.15) is 0 Å². The molecule has 0 aromatic carbocycles. The lowest BCUT2D eigenvalue weighted by Crippen LogP contribution is -2.16. The fraction of sp³-hybridized carbons (Fsp3) is 0.714. The highest BCUT2D eigenvalue weighted by atomic mass is 16.5. The first-order chi connectivity index (χ1) is 8.57. The molecule has 0 heterocycles. The second kappa shape index (κ2) is 9.68. The van der Waals surface area contributed by atoms with Crippen molar-refractivity contribution in [2.24, 2.45) is 0 Å². The molecule has 0 spiro atoms. The van der Waals surface area contributed by atoms with Crippen LogP contribution in [0.25, 0.3) is 0 Å². The third-order valence-electron chi connectivity index (χ3n) is 2.74. The lowest BCUT2D eigenvalue weighted by Gasteiger charge is -2.13. The first-order valence-electron chi connectivity index (χ1n) is 6.66. The molecule has 0 amide bonds. The van der Waals surface area contributed by atoms with Crippen molar-refractivity contribution in [1.82, 2.24) is 0 Å². The van der Waals surface area contributed by atoms with Gasteiger partial charge in [-0.1, -0.05) is 27.7 Å². The lowest BCUT2D eigenvalue weighted by molar-refractivity contribution is -0.146. The quantitative estimate of drug-likeness (QED) is 0.495. The van der Waals surface area contributed by atoms with Crippen LogP contribution in [0.1, 0.15) is 53.4 Å². The summed E-state index contributed by atoms with van der Waals surface area (Å²) in [6.07, 6.45) is 5.17. The zero-order valence-electron chi connectivity index (χ0n) is 11.8. The number of hydrogen-bond donors (Lipinski definition) is 0. The minimum Gasteiger partial charge on any atom is -0.459 e. The van der Waals surface area contributed by atoms with E-state index in [1.807, 2.05) is 27.7 Å². The molecular formula is C14H24O4. The van der Waals surface area contributed by atoms with E-state index in [4.69, 9.17) is 9.47 Å². The lowest BCUT2D eigenvalue weighted by atomic mass is 10.2. The third-order valence-corrected chi connectivity index (χ3v) is 2.74. The maximum atomic E-state index is 11.4. The highest BCUT2D eigenvalue weighted by Crippen LogP contribution is 2.05. The highest BCUT2D eigenvalue weighted by Gasteiger charge is 2.10. The predicted molar refractivity (Wildman–Crippen MR) is 70.1 cm³/mol. The molecular weight excluding hydrogens is 232 g/mol. The van der Waals surface area contributed by atoms with Gasteiger partial charge in [0, 0.05) is 12.2 Å². The van der Waals surface area contributed by atoms with Gasteiger partial charge >= 0.3 is 11.9 Å². The number of esters is 2. The molecule has 0 rings (SSSR count). The van der Waals surface area contributed by atoms with Crippen LogP contribution >= 0.6 is 0 Å². The Hall–Kier alpha value is -1.32. The number of carbonyl (C=O) groups is 2. The zero-order valence-corrected chi connectivity index (χ0v) is 11.8. The SMILES string of the molecule is CCC(CC)OC(=O)/C=C\C(=O)OC(CC)CC. The molecule has 18 heavy (non-hydrogen) atoms. The monoisotopic (exact) mass is 256 g/mol. The van der Waals surface area contributed by atoms with E-state index < -0.39 is 11.9 Å². The summed E-state index contributed by atoms with van der Waals surface area (Å²) in [6.45, 7) is 7.80. The first-order valence-corrected chi connectivity index (χ1v) is 6.66. The molecule has 4 nitrogen and oxygen atoms in total. The second-order valence-corrected chi connectivity index (χ2v) is 4.08. The summed E-state index contributed by atoms with van der Waals surface area (Å²) in [4.78, 5) is 22.8. The molecule has 0 aliphatic carbocycles. The molecule has 0 atom stereocenters. The summed E-state index contributed by atoms with van der Waals surface area (Å²) in [7, 11) is 0. The number of rotatable bonds is 8. The van der Waals surface area contributed by atoms with Gasteiger partial charge in [-0.3, -0.25) is 0 Å². The summed E-state index contributed by atoms with van der Waals surface area (Å²) in [5.74, 6) is -0.990. The second-order valence-electron chi connectivity index (χ2n) is 4.08. The number of hydrogen-bond acceptors (Lipinski definition) is 4. The Kier molecular flexibility index (Phi) is 8.97. The van der Waals surface area contributed by atoms with Gasteiger partial charge in [-0.05, 0) is 25.7 Å². The average Bonchev–Trinajstić information content (AvgIpc) is 2.39. The van der Waals surface area contributed by atoms with Gasteiger partial charge in [-0.25, -0.2) is 9.59 Å². The van der Waals surface area contributed by atoms with E-state index in [2.05, 4.69) is 0 Å². The Bertz CT molecular complexity index is 248. The van der Waals surface area contributed by atoms with Crippen LogP contribution in [0, 0.1) is 0 Å². The van der Waals surface area contributed by atoms with Crippen molar-refractivity contribution in [2.45, 2.75) is 65.6 Å². The first kappa shape index (κ1) is 16.7. The Morgan fingerprint density at radius 3 is 1.28 bits per heavy atom. The van der Waals surface area contributed by atoms with Crippen molar-refractivity contribution < 1.29 is 19.1 Å². The van der Waals surface area contributed by atoms with Gasteiger partial charge in [0.25, 0.3) is 0 Å². The average molecular weight is 256 g/mol. The number of carbonyl (C=O) groups excluding carboxylic acids is 2. The molecule has 0 fully saturated rings. The summed E-state index contributed by atoms with van der Waals surface area (Å²) >= 11 is 0. The Balaban J connectivity index is 4.13. The normalized spacial score (nSPS) is 11.2. The van der Waals surface area contributed by atoms with E-state index in [0.717, 1.165) is 37.8 Å². The third kappa shape index (κ3) is 7.09. The summed E-state index contributed by atoms with van der Waals surface area (Å²) < 4.78 is 10.2. The van der Waals surface area contributed by atoms with Crippen molar-refractivity contribution in [2.75, 3.05) is 0 Å². The van der Waals surface area contributed by atoms with Crippen molar-refractivity contribution in [1.29, 1.82) is 0 Å². The van der Waals surface area contributed by atoms with Gasteiger partial charge in [0.15, 0.2) is 0 Å². The van der Waals surface area contributed by atoms with Crippen LogP contribution in [0.3, 0.4) is 0 Å². The van der Waals surface area contributed by atoms with Crippen molar-refractivity contribution in [3.05, 3.63) is 12.2 Å². The minimum absolute atomic E-state index is 0.0859. The maximum absolute atomic E-state index is 11.4. The van der Waals surface area contributed by atoms with E-state index in [9.17, 15) is 9.59 Å². The topological polar surface area (TPSA) is 52.6 Å². The van der Waals surface area contributed by atoms with Crippen molar-refractivity contribution in [3.8, 4) is 0 Å². The molecule has 4 heteroatoms. The molecule has 0 aliphatic rings. The Labute approximate surface area is 109 Å². The van der Waals surface area contributed by atoms with E-state index >= 15 is 0 Å². The Morgan fingerprint density at radius 2 is 1.06 bits per heavy atom. The van der Waals surface area contributed by atoms with Crippen LogP contribution in [0.4, 0.5) is 0 Å². The molecule has 0 aromatic heterocycles. The molecule has 0 radical (unpaired) electrons. The van der Waals surface area contributed by atoms with Gasteiger partial charge in [0.2, 0.25) is 0 Å². The molecule has 0 aliphatic heterocycles. The molecule has 104 valence electrons. The molecule has 0 bridgehead atoms. The fourth-order valence-corrected chi connectivity index (χ4v) is 1.45. The van der Waals surface area contributed by atoms with Gasteiger partial charge in [-0.15, -0.1) is 0 Å². The largest absolute Gasteiger partial charge is 0.459 e. The van der Waals surface area contributed by atoms with Crippen LogP contribution in [0.5, 0.6) is 0 Å². The molecule has 0 N–H and O–H groups in total. The van der Waals surface area contributed by atoms with Gasteiger partial charge in [0.05, 0.1) is 0 Å². The summed E-state index contributed by atoms with van der Waals surface area (Å²) in [5, 5.41) is 0. The zero-order chi connectivity index (χ0) is 14.0.